The quantitative estimate of drug-likeness (QED) is 0.146. The summed E-state index contributed by atoms with van der Waals surface area (Å²) in [4.78, 5) is 24.9. The SMILES string of the molecule is CCCCCC(O)C=C[C@H]1[C@@H]2CC(CCOC(C(=O)OC)C(=O)c3ccccc3)C[C@H]2C[C@@H]1O. The molecule has 1 aromatic carbocycles. The molecule has 3 rings (SSSR count). The molecule has 188 valence electrons. The smallest absolute Gasteiger partial charge is 0.343 e. The van der Waals surface area contributed by atoms with Crippen LogP contribution in [-0.2, 0) is 14.3 Å². The van der Waals surface area contributed by atoms with E-state index in [2.05, 4.69) is 6.92 Å². The van der Waals surface area contributed by atoms with Crippen molar-refractivity contribution in [2.24, 2.45) is 23.7 Å². The Morgan fingerprint density at radius 1 is 1.15 bits per heavy atom. The molecule has 2 fully saturated rings. The first-order chi connectivity index (χ1) is 16.4. The fourth-order valence-corrected chi connectivity index (χ4v) is 5.70. The number of esters is 1. The molecular weight excluding hydrogens is 432 g/mol. The maximum atomic E-state index is 12.7. The molecule has 0 aromatic heterocycles. The molecule has 0 bridgehead atoms. The van der Waals surface area contributed by atoms with E-state index in [1.165, 1.54) is 7.11 Å². The van der Waals surface area contributed by atoms with Crippen LogP contribution in [0.4, 0.5) is 0 Å². The van der Waals surface area contributed by atoms with Gasteiger partial charge in [-0.2, -0.15) is 0 Å². The van der Waals surface area contributed by atoms with E-state index >= 15 is 0 Å². The minimum atomic E-state index is -1.25. The molecule has 0 radical (unpaired) electrons. The van der Waals surface area contributed by atoms with E-state index in [0.29, 0.717) is 29.9 Å². The van der Waals surface area contributed by atoms with Gasteiger partial charge in [0.1, 0.15) is 0 Å². The number of methoxy groups -OCH3 is 1. The zero-order valence-electron chi connectivity index (χ0n) is 20.5. The van der Waals surface area contributed by atoms with Crippen LogP contribution in [-0.4, -0.2) is 54.0 Å². The Labute approximate surface area is 203 Å². The van der Waals surface area contributed by atoms with Crippen molar-refractivity contribution in [3.8, 4) is 0 Å². The van der Waals surface area contributed by atoms with Gasteiger partial charge in [0, 0.05) is 18.1 Å². The summed E-state index contributed by atoms with van der Waals surface area (Å²) in [6.45, 7) is 2.46. The van der Waals surface area contributed by atoms with Gasteiger partial charge in [-0.05, 0) is 49.9 Å². The second-order valence-corrected chi connectivity index (χ2v) is 9.88. The standard InChI is InChI=1S/C28H40O6/c1-3-4-6-11-22(29)12-13-23-24-17-19(16-21(24)18-25(23)30)14-15-34-27(28(32)33-2)26(31)20-9-7-5-8-10-20/h5,7-10,12-13,19,21-25,27,29-30H,3-4,6,11,14-18H2,1-2H3/t19?,21-,22?,23-,24+,25-,27?/m0/s1. The highest BCUT2D eigenvalue weighted by Gasteiger charge is 2.46. The monoisotopic (exact) mass is 472 g/mol. The lowest BCUT2D eigenvalue weighted by atomic mass is 9.89. The lowest BCUT2D eigenvalue weighted by Gasteiger charge is -2.20. The molecule has 2 saturated carbocycles. The molecule has 2 N–H and O–H groups in total. The highest BCUT2D eigenvalue weighted by molar-refractivity contribution is 6.11. The van der Waals surface area contributed by atoms with Gasteiger partial charge in [0.2, 0.25) is 11.9 Å². The minimum absolute atomic E-state index is 0.0826. The number of fused-ring (bicyclic) bond motifs is 1. The molecule has 2 aliphatic carbocycles. The highest BCUT2D eigenvalue weighted by atomic mass is 16.6. The van der Waals surface area contributed by atoms with Crippen molar-refractivity contribution < 1.29 is 29.3 Å². The number of aliphatic hydroxyl groups is 2. The first-order valence-corrected chi connectivity index (χ1v) is 12.8. The normalized spacial score (nSPS) is 28.1. The first-order valence-electron chi connectivity index (χ1n) is 12.8. The van der Waals surface area contributed by atoms with Crippen molar-refractivity contribution in [2.75, 3.05) is 13.7 Å². The number of hydrogen-bond acceptors (Lipinski definition) is 6. The van der Waals surface area contributed by atoms with E-state index < -0.39 is 18.2 Å². The summed E-state index contributed by atoms with van der Waals surface area (Å²) in [6, 6.07) is 8.65. The van der Waals surface area contributed by atoms with Crippen molar-refractivity contribution in [1.82, 2.24) is 0 Å². The van der Waals surface area contributed by atoms with E-state index in [-0.39, 0.29) is 17.8 Å². The molecule has 7 atom stereocenters. The number of ketones is 1. The third-order valence-corrected chi connectivity index (χ3v) is 7.51. The van der Waals surface area contributed by atoms with Crippen LogP contribution in [0.2, 0.25) is 0 Å². The van der Waals surface area contributed by atoms with Crippen molar-refractivity contribution in [3.63, 3.8) is 0 Å². The molecule has 3 unspecified atom stereocenters. The number of ether oxygens (including phenoxy) is 2. The van der Waals surface area contributed by atoms with Crippen LogP contribution in [0.3, 0.4) is 0 Å². The Balaban J connectivity index is 1.50. The largest absolute Gasteiger partial charge is 0.467 e. The molecule has 0 amide bonds. The maximum absolute atomic E-state index is 12.7. The van der Waals surface area contributed by atoms with Gasteiger partial charge in [-0.25, -0.2) is 4.79 Å². The molecule has 0 heterocycles. The number of carbonyl (C=O) groups is 2. The lowest BCUT2D eigenvalue weighted by Crippen LogP contribution is -2.34. The molecule has 34 heavy (non-hydrogen) atoms. The Hall–Kier alpha value is -2.02. The molecular formula is C28H40O6. The predicted molar refractivity (Wildman–Crippen MR) is 130 cm³/mol. The number of benzene rings is 1. The number of carbonyl (C=O) groups excluding carboxylic acids is 2. The van der Waals surface area contributed by atoms with Crippen molar-refractivity contribution in [1.29, 1.82) is 0 Å². The summed E-state index contributed by atoms with van der Waals surface area (Å²) < 4.78 is 10.5. The predicted octanol–water partition coefficient (Wildman–Crippen LogP) is 4.34. The van der Waals surface area contributed by atoms with Gasteiger partial charge in [0.15, 0.2) is 0 Å². The van der Waals surface area contributed by atoms with Gasteiger partial charge in [0.05, 0.1) is 19.3 Å². The maximum Gasteiger partial charge on any atom is 0.343 e. The molecule has 0 spiro atoms. The Morgan fingerprint density at radius 2 is 1.91 bits per heavy atom. The van der Waals surface area contributed by atoms with Crippen molar-refractivity contribution in [2.45, 2.75) is 76.6 Å². The summed E-state index contributed by atoms with van der Waals surface area (Å²) in [5.74, 6) is 0.317. The van der Waals surface area contributed by atoms with Crippen LogP contribution in [0.5, 0.6) is 0 Å². The summed E-state index contributed by atoms with van der Waals surface area (Å²) >= 11 is 0. The second-order valence-electron chi connectivity index (χ2n) is 9.88. The van der Waals surface area contributed by atoms with Crippen LogP contribution in [0.25, 0.3) is 0 Å². The van der Waals surface area contributed by atoms with Crippen LogP contribution < -0.4 is 0 Å². The Morgan fingerprint density at radius 3 is 2.62 bits per heavy atom. The van der Waals surface area contributed by atoms with E-state index in [4.69, 9.17) is 9.47 Å². The molecule has 2 aliphatic rings. The van der Waals surface area contributed by atoms with Crippen LogP contribution in [0.15, 0.2) is 42.5 Å². The third-order valence-electron chi connectivity index (χ3n) is 7.51. The number of unbranched alkanes of at least 4 members (excludes halogenated alkanes) is 2. The van der Waals surface area contributed by atoms with Gasteiger partial charge in [-0.3, -0.25) is 4.79 Å². The zero-order chi connectivity index (χ0) is 24.5. The van der Waals surface area contributed by atoms with Gasteiger partial charge < -0.3 is 19.7 Å². The topological polar surface area (TPSA) is 93.1 Å². The second kappa shape index (κ2) is 13.2. The lowest BCUT2D eigenvalue weighted by molar-refractivity contribution is -0.150. The van der Waals surface area contributed by atoms with Gasteiger partial charge >= 0.3 is 5.97 Å². The average molecular weight is 473 g/mol. The minimum Gasteiger partial charge on any atom is -0.467 e. The first kappa shape index (κ1) is 26.6. The Bertz CT molecular complexity index is 806. The molecule has 0 aliphatic heterocycles. The van der Waals surface area contributed by atoms with E-state index in [9.17, 15) is 19.8 Å². The fourth-order valence-electron chi connectivity index (χ4n) is 5.70. The third kappa shape index (κ3) is 7.00. The molecule has 1 aromatic rings. The number of aliphatic hydroxyl groups excluding tert-OH is 2. The van der Waals surface area contributed by atoms with E-state index in [1.807, 2.05) is 18.2 Å². The van der Waals surface area contributed by atoms with Crippen molar-refractivity contribution >= 4 is 11.8 Å². The number of Topliss-reactive ketones (excluding diaryl/α,β-unsaturated/α-hetero) is 1. The van der Waals surface area contributed by atoms with Gasteiger partial charge in [-0.15, -0.1) is 0 Å². The van der Waals surface area contributed by atoms with Crippen LogP contribution >= 0.6 is 0 Å². The van der Waals surface area contributed by atoms with Gasteiger partial charge in [0.25, 0.3) is 0 Å². The summed E-state index contributed by atoms with van der Waals surface area (Å²) in [5.41, 5.74) is 0.425. The number of hydrogen-bond donors (Lipinski definition) is 2. The summed E-state index contributed by atoms with van der Waals surface area (Å²) in [7, 11) is 1.26. The molecule has 0 saturated heterocycles. The van der Waals surface area contributed by atoms with E-state index in [0.717, 1.165) is 51.4 Å². The zero-order valence-corrected chi connectivity index (χ0v) is 20.5. The molecule has 6 heteroatoms. The summed E-state index contributed by atoms with van der Waals surface area (Å²) in [5, 5.41) is 20.8. The highest BCUT2D eigenvalue weighted by Crippen LogP contribution is 2.51. The molecule has 6 nitrogen and oxygen atoms in total. The van der Waals surface area contributed by atoms with Crippen molar-refractivity contribution in [3.05, 3.63) is 48.0 Å². The van der Waals surface area contributed by atoms with Crippen LogP contribution in [0.1, 0.15) is 68.6 Å². The summed E-state index contributed by atoms with van der Waals surface area (Å²) in [6.07, 6.45) is 9.47. The Kier molecular flexibility index (Phi) is 10.3. The van der Waals surface area contributed by atoms with Crippen LogP contribution in [0, 0.1) is 23.7 Å². The van der Waals surface area contributed by atoms with Gasteiger partial charge in [-0.1, -0.05) is 68.7 Å². The van der Waals surface area contributed by atoms with E-state index in [1.54, 1.807) is 24.3 Å². The fraction of sp³-hybridized carbons (Fsp3) is 0.643. The average Bonchev–Trinajstić information content (AvgIpc) is 3.36. The number of rotatable bonds is 13.